The summed E-state index contributed by atoms with van der Waals surface area (Å²) in [5.41, 5.74) is 3.08. The second-order valence-electron chi connectivity index (χ2n) is 5.99. The Morgan fingerprint density at radius 3 is 1.93 bits per heavy atom. The second-order valence-corrected chi connectivity index (χ2v) is 6.80. The van der Waals surface area contributed by atoms with Gasteiger partial charge < -0.3 is 10.6 Å². The summed E-state index contributed by atoms with van der Waals surface area (Å²) in [6.07, 6.45) is 0. The molecule has 0 atom stereocenters. The Bertz CT molecular complexity index is 1020. The normalized spacial score (nSPS) is 10.3. The van der Waals surface area contributed by atoms with E-state index in [0.29, 0.717) is 32.5 Å². The minimum atomic E-state index is -0.343. The molecule has 4 nitrogen and oxygen atoms in total. The highest BCUT2D eigenvalue weighted by Crippen LogP contribution is 2.23. The van der Waals surface area contributed by atoms with Gasteiger partial charge in [0.15, 0.2) is 0 Å². The first-order valence-electron chi connectivity index (χ1n) is 8.17. The van der Waals surface area contributed by atoms with Gasteiger partial charge in [-0.25, -0.2) is 0 Å². The van der Waals surface area contributed by atoms with Crippen molar-refractivity contribution in [2.45, 2.75) is 6.92 Å². The third-order valence-corrected chi connectivity index (χ3v) is 4.58. The molecule has 3 rings (SSSR count). The molecule has 2 amide bonds. The average Bonchev–Trinajstić information content (AvgIpc) is 2.64. The number of anilines is 2. The van der Waals surface area contributed by atoms with E-state index >= 15 is 0 Å². The van der Waals surface area contributed by atoms with Crippen molar-refractivity contribution in [1.82, 2.24) is 0 Å². The van der Waals surface area contributed by atoms with Crippen molar-refractivity contribution < 1.29 is 9.59 Å². The predicted octanol–water partition coefficient (Wildman–Crippen LogP) is 5.81. The van der Waals surface area contributed by atoms with E-state index in [1.807, 2.05) is 31.2 Å². The molecule has 6 heteroatoms. The van der Waals surface area contributed by atoms with Crippen LogP contribution < -0.4 is 10.6 Å². The molecule has 0 aliphatic heterocycles. The fourth-order valence-electron chi connectivity index (χ4n) is 2.50. The van der Waals surface area contributed by atoms with E-state index in [1.54, 1.807) is 36.4 Å². The van der Waals surface area contributed by atoms with E-state index in [2.05, 4.69) is 10.6 Å². The number of carbonyl (C=O) groups is 2. The van der Waals surface area contributed by atoms with Gasteiger partial charge >= 0.3 is 0 Å². The van der Waals surface area contributed by atoms with Gasteiger partial charge in [-0.15, -0.1) is 0 Å². The molecule has 27 heavy (non-hydrogen) atoms. The highest BCUT2D eigenvalue weighted by atomic mass is 35.5. The number of benzene rings is 3. The Hall–Kier alpha value is -2.82. The van der Waals surface area contributed by atoms with Crippen LogP contribution in [0.2, 0.25) is 10.0 Å². The summed E-state index contributed by atoms with van der Waals surface area (Å²) < 4.78 is 0. The Balaban J connectivity index is 1.73. The highest BCUT2D eigenvalue weighted by Gasteiger charge is 2.11. The molecule has 3 aromatic carbocycles. The lowest BCUT2D eigenvalue weighted by Gasteiger charge is -2.09. The van der Waals surface area contributed by atoms with E-state index in [4.69, 9.17) is 23.2 Å². The fourth-order valence-corrected chi connectivity index (χ4v) is 2.80. The summed E-state index contributed by atoms with van der Waals surface area (Å²) in [4.78, 5) is 24.8. The third-order valence-electron chi connectivity index (χ3n) is 3.84. The van der Waals surface area contributed by atoms with Crippen LogP contribution in [0.5, 0.6) is 0 Å². The van der Waals surface area contributed by atoms with Crippen molar-refractivity contribution in [2.24, 2.45) is 0 Å². The van der Waals surface area contributed by atoms with Gasteiger partial charge in [0.1, 0.15) is 0 Å². The Kier molecular flexibility index (Phi) is 5.79. The van der Waals surface area contributed by atoms with Crippen molar-refractivity contribution in [3.8, 4) is 0 Å². The largest absolute Gasteiger partial charge is 0.322 e. The van der Waals surface area contributed by atoms with Crippen LogP contribution in [0.25, 0.3) is 0 Å². The first-order chi connectivity index (χ1) is 12.9. The molecular weight excluding hydrogens is 383 g/mol. The maximum atomic E-state index is 12.5. The van der Waals surface area contributed by atoms with Crippen molar-refractivity contribution in [3.63, 3.8) is 0 Å². The van der Waals surface area contributed by atoms with Crippen LogP contribution in [0.15, 0.2) is 66.7 Å². The zero-order valence-corrected chi connectivity index (χ0v) is 15.9. The lowest BCUT2D eigenvalue weighted by molar-refractivity contribution is 0.101. The summed E-state index contributed by atoms with van der Waals surface area (Å²) in [5, 5.41) is 6.27. The molecule has 0 unspecified atom stereocenters. The SMILES string of the molecule is Cc1cccc(NC(=O)c2cccc(NC(=O)c3ccc(Cl)c(Cl)c3)c2)c1. The molecule has 0 saturated heterocycles. The molecular formula is C21H16Cl2N2O2. The summed E-state index contributed by atoms with van der Waals surface area (Å²) >= 11 is 11.8. The minimum Gasteiger partial charge on any atom is -0.322 e. The number of nitrogens with one attached hydrogen (secondary N) is 2. The second kappa shape index (κ2) is 8.25. The van der Waals surface area contributed by atoms with Crippen molar-refractivity contribution in [2.75, 3.05) is 10.6 Å². The standard InChI is InChI=1S/C21H16Cl2N2O2/c1-13-4-2-6-16(10-13)24-20(26)14-5-3-7-17(11-14)25-21(27)15-8-9-18(22)19(23)12-15/h2-12H,1H3,(H,24,26)(H,25,27). The van der Waals surface area contributed by atoms with Crippen molar-refractivity contribution >= 4 is 46.4 Å². The first-order valence-corrected chi connectivity index (χ1v) is 8.92. The van der Waals surface area contributed by atoms with E-state index in [-0.39, 0.29) is 11.8 Å². The topological polar surface area (TPSA) is 58.2 Å². The van der Waals surface area contributed by atoms with Gasteiger partial charge in [0, 0.05) is 22.5 Å². The first kappa shape index (κ1) is 19.0. The van der Waals surface area contributed by atoms with Crippen LogP contribution in [0.1, 0.15) is 26.3 Å². The Labute approximate surface area is 167 Å². The number of rotatable bonds is 4. The highest BCUT2D eigenvalue weighted by molar-refractivity contribution is 6.42. The molecule has 0 spiro atoms. The lowest BCUT2D eigenvalue weighted by atomic mass is 10.1. The maximum absolute atomic E-state index is 12.5. The quantitative estimate of drug-likeness (QED) is 0.582. The third kappa shape index (κ3) is 4.88. The van der Waals surface area contributed by atoms with Gasteiger partial charge in [-0.2, -0.15) is 0 Å². The van der Waals surface area contributed by atoms with Gasteiger partial charge in [-0.05, 0) is 61.0 Å². The molecule has 3 aromatic rings. The molecule has 0 aliphatic carbocycles. The van der Waals surface area contributed by atoms with Crippen LogP contribution in [0.3, 0.4) is 0 Å². The van der Waals surface area contributed by atoms with Gasteiger partial charge in [-0.1, -0.05) is 41.4 Å². The zero-order chi connectivity index (χ0) is 19.4. The Morgan fingerprint density at radius 1 is 0.704 bits per heavy atom. The molecule has 136 valence electrons. The van der Waals surface area contributed by atoms with Gasteiger partial charge in [0.25, 0.3) is 11.8 Å². The summed E-state index contributed by atoms with van der Waals surface area (Å²) in [5.74, 6) is -0.601. The number of halogens is 2. The van der Waals surface area contributed by atoms with Crippen LogP contribution in [0.4, 0.5) is 11.4 Å². The Morgan fingerprint density at radius 2 is 1.30 bits per heavy atom. The van der Waals surface area contributed by atoms with E-state index in [9.17, 15) is 9.59 Å². The molecule has 0 bridgehead atoms. The number of hydrogen-bond donors (Lipinski definition) is 2. The minimum absolute atomic E-state index is 0.258. The molecule has 0 saturated carbocycles. The predicted molar refractivity (Wildman–Crippen MR) is 110 cm³/mol. The number of carbonyl (C=O) groups excluding carboxylic acids is 2. The molecule has 0 heterocycles. The number of aryl methyl sites for hydroxylation is 1. The van der Waals surface area contributed by atoms with Crippen LogP contribution in [-0.2, 0) is 0 Å². The molecule has 0 fully saturated rings. The zero-order valence-electron chi connectivity index (χ0n) is 14.4. The van der Waals surface area contributed by atoms with E-state index in [1.165, 1.54) is 6.07 Å². The maximum Gasteiger partial charge on any atom is 0.255 e. The van der Waals surface area contributed by atoms with Gasteiger partial charge in [0.05, 0.1) is 10.0 Å². The van der Waals surface area contributed by atoms with Gasteiger partial charge in [-0.3, -0.25) is 9.59 Å². The van der Waals surface area contributed by atoms with Crippen LogP contribution in [-0.4, -0.2) is 11.8 Å². The van der Waals surface area contributed by atoms with Gasteiger partial charge in [0.2, 0.25) is 0 Å². The summed E-state index contributed by atoms with van der Waals surface area (Å²) in [7, 11) is 0. The average molecular weight is 399 g/mol. The van der Waals surface area contributed by atoms with E-state index < -0.39 is 0 Å². The monoisotopic (exact) mass is 398 g/mol. The van der Waals surface area contributed by atoms with Crippen molar-refractivity contribution in [1.29, 1.82) is 0 Å². The summed E-state index contributed by atoms with van der Waals surface area (Å²) in [6.45, 7) is 1.95. The molecule has 0 aromatic heterocycles. The number of hydrogen-bond acceptors (Lipinski definition) is 2. The smallest absolute Gasteiger partial charge is 0.255 e. The fraction of sp³-hybridized carbons (Fsp3) is 0.0476. The lowest BCUT2D eigenvalue weighted by Crippen LogP contribution is -2.14. The summed E-state index contributed by atoms with van der Waals surface area (Å²) in [6, 6.07) is 18.9. The number of amides is 2. The van der Waals surface area contributed by atoms with Crippen LogP contribution in [0, 0.1) is 6.92 Å². The molecule has 0 aliphatic rings. The van der Waals surface area contributed by atoms with Crippen molar-refractivity contribution in [3.05, 3.63) is 93.5 Å². The molecule has 2 N–H and O–H groups in total. The molecule has 0 radical (unpaired) electrons. The van der Waals surface area contributed by atoms with E-state index in [0.717, 1.165) is 5.56 Å². The van der Waals surface area contributed by atoms with Crippen LogP contribution >= 0.6 is 23.2 Å².